The lowest BCUT2D eigenvalue weighted by Gasteiger charge is -2.06. The molecule has 17 heavy (non-hydrogen) atoms. The van der Waals surface area contributed by atoms with Gasteiger partial charge in [-0.3, -0.25) is 10.3 Å². The highest BCUT2D eigenvalue weighted by Gasteiger charge is 2.03. The van der Waals surface area contributed by atoms with Gasteiger partial charge in [-0.05, 0) is 24.3 Å². The summed E-state index contributed by atoms with van der Waals surface area (Å²) in [4.78, 5) is 19.4. The number of amides is 2. The van der Waals surface area contributed by atoms with Gasteiger partial charge in [0.2, 0.25) is 0 Å². The number of hydrogen-bond donors (Lipinski definition) is 2. The van der Waals surface area contributed by atoms with Crippen LogP contribution in [0.4, 0.5) is 16.3 Å². The number of nitrogens with one attached hydrogen (secondary N) is 2. The zero-order valence-electron chi connectivity index (χ0n) is 8.72. The maximum Gasteiger partial charge on any atom is 0.324 e. The molecule has 2 N–H and O–H groups in total. The molecule has 2 aromatic rings. The SMILES string of the molecule is O=C(Nc1cccnc1)Nc1cc(Cl)ccn1. The van der Waals surface area contributed by atoms with Crippen molar-refractivity contribution in [3.63, 3.8) is 0 Å². The van der Waals surface area contributed by atoms with Gasteiger partial charge < -0.3 is 5.32 Å². The van der Waals surface area contributed by atoms with E-state index < -0.39 is 6.03 Å². The van der Waals surface area contributed by atoms with Crippen LogP contribution < -0.4 is 10.6 Å². The second-order valence-corrected chi connectivity index (χ2v) is 3.62. The van der Waals surface area contributed by atoms with E-state index in [0.29, 0.717) is 16.5 Å². The molecular formula is C11H9ClN4O. The van der Waals surface area contributed by atoms with Crippen LogP contribution in [0.3, 0.4) is 0 Å². The molecule has 0 atom stereocenters. The Balaban J connectivity index is 1.98. The van der Waals surface area contributed by atoms with Crippen molar-refractivity contribution in [1.82, 2.24) is 9.97 Å². The minimum atomic E-state index is -0.396. The van der Waals surface area contributed by atoms with E-state index in [1.54, 1.807) is 36.7 Å². The van der Waals surface area contributed by atoms with Crippen molar-refractivity contribution in [2.75, 3.05) is 10.6 Å². The second-order valence-electron chi connectivity index (χ2n) is 3.18. The molecule has 2 heterocycles. The Labute approximate surface area is 103 Å². The van der Waals surface area contributed by atoms with Gasteiger partial charge in [0.1, 0.15) is 5.82 Å². The Bertz CT molecular complexity index is 518. The highest BCUT2D eigenvalue weighted by Crippen LogP contribution is 2.12. The van der Waals surface area contributed by atoms with Crippen LogP contribution in [0, 0.1) is 0 Å². The topological polar surface area (TPSA) is 66.9 Å². The molecule has 2 rings (SSSR count). The zero-order valence-corrected chi connectivity index (χ0v) is 9.48. The molecular weight excluding hydrogens is 240 g/mol. The van der Waals surface area contributed by atoms with E-state index in [9.17, 15) is 4.79 Å². The van der Waals surface area contributed by atoms with E-state index in [1.165, 1.54) is 6.20 Å². The van der Waals surface area contributed by atoms with Crippen molar-refractivity contribution in [2.24, 2.45) is 0 Å². The van der Waals surface area contributed by atoms with Gasteiger partial charge in [-0.15, -0.1) is 0 Å². The minimum absolute atomic E-state index is 0.388. The summed E-state index contributed by atoms with van der Waals surface area (Å²) in [5.74, 6) is 0.388. The number of carbonyl (C=O) groups is 1. The fourth-order valence-corrected chi connectivity index (χ4v) is 1.35. The van der Waals surface area contributed by atoms with E-state index in [1.807, 2.05) is 0 Å². The zero-order chi connectivity index (χ0) is 12.1. The van der Waals surface area contributed by atoms with Crippen molar-refractivity contribution in [2.45, 2.75) is 0 Å². The monoisotopic (exact) mass is 248 g/mol. The average molecular weight is 249 g/mol. The van der Waals surface area contributed by atoms with Crippen molar-refractivity contribution in [3.05, 3.63) is 47.9 Å². The highest BCUT2D eigenvalue weighted by atomic mass is 35.5. The molecule has 0 aromatic carbocycles. The van der Waals surface area contributed by atoms with Crippen LogP contribution in [-0.2, 0) is 0 Å². The molecule has 0 spiro atoms. The van der Waals surface area contributed by atoms with Gasteiger partial charge in [-0.25, -0.2) is 9.78 Å². The predicted octanol–water partition coefficient (Wildman–Crippen LogP) is 2.77. The Morgan fingerprint density at radius 3 is 2.82 bits per heavy atom. The van der Waals surface area contributed by atoms with Gasteiger partial charge in [-0.1, -0.05) is 11.6 Å². The molecule has 2 aromatic heterocycles. The number of nitrogens with zero attached hydrogens (tertiary/aromatic N) is 2. The summed E-state index contributed by atoms with van der Waals surface area (Å²) in [6, 6.07) is 6.26. The number of urea groups is 1. The molecule has 86 valence electrons. The fourth-order valence-electron chi connectivity index (χ4n) is 1.19. The van der Waals surface area contributed by atoms with Crippen LogP contribution in [0.15, 0.2) is 42.9 Å². The van der Waals surface area contributed by atoms with Crippen LogP contribution in [-0.4, -0.2) is 16.0 Å². The van der Waals surface area contributed by atoms with Crippen molar-refractivity contribution < 1.29 is 4.79 Å². The number of aromatic nitrogens is 2. The summed E-state index contributed by atoms with van der Waals surface area (Å²) in [5, 5.41) is 5.68. The number of hydrogen-bond acceptors (Lipinski definition) is 3. The molecule has 0 unspecified atom stereocenters. The van der Waals surface area contributed by atoms with Crippen LogP contribution >= 0.6 is 11.6 Å². The van der Waals surface area contributed by atoms with E-state index in [-0.39, 0.29) is 0 Å². The smallest absolute Gasteiger partial charge is 0.306 e. The highest BCUT2D eigenvalue weighted by molar-refractivity contribution is 6.30. The maximum absolute atomic E-state index is 11.6. The molecule has 0 saturated heterocycles. The van der Waals surface area contributed by atoms with Gasteiger partial charge in [0.15, 0.2) is 0 Å². The normalized spacial score (nSPS) is 9.71. The van der Waals surface area contributed by atoms with Gasteiger partial charge in [0.05, 0.1) is 11.9 Å². The predicted molar refractivity (Wildman–Crippen MR) is 66.1 cm³/mol. The molecule has 0 saturated carbocycles. The standard InChI is InChI=1S/C11H9ClN4O/c12-8-3-5-14-10(6-8)16-11(17)15-9-2-1-4-13-7-9/h1-7H,(H2,14,15,16,17). The third-order valence-corrected chi connectivity index (χ3v) is 2.12. The Hall–Kier alpha value is -2.14. The number of rotatable bonds is 2. The third kappa shape index (κ3) is 3.42. The van der Waals surface area contributed by atoms with Gasteiger partial charge >= 0.3 is 6.03 Å². The fraction of sp³-hybridized carbons (Fsp3) is 0. The Morgan fingerprint density at radius 2 is 2.12 bits per heavy atom. The molecule has 0 aliphatic rings. The lowest BCUT2D eigenvalue weighted by atomic mass is 10.4. The van der Waals surface area contributed by atoms with Crippen LogP contribution in [0.2, 0.25) is 5.02 Å². The van der Waals surface area contributed by atoms with Crippen molar-refractivity contribution >= 4 is 29.1 Å². The molecule has 0 aliphatic carbocycles. The number of carbonyl (C=O) groups excluding carboxylic acids is 1. The Kier molecular flexibility index (Phi) is 3.52. The second kappa shape index (κ2) is 5.27. The van der Waals surface area contributed by atoms with Crippen LogP contribution in [0.5, 0.6) is 0 Å². The minimum Gasteiger partial charge on any atom is -0.306 e. The third-order valence-electron chi connectivity index (χ3n) is 1.88. The lowest BCUT2D eigenvalue weighted by Crippen LogP contribution is -2.20. The summed E-state index contributed by atoms with van der Waals surface area (Å²) >= 11 is 5.77. The number of halogens is 1. The van der Waals surface area contributed by atoms with Gasteiger partial charge in [-0.2, -0.15) is 0 Å². The Morgan fingerprint density at radius 1 is 1.24 bits per heavy atom. The number of pyridine rings is 2. The summed E-state index contributed by atoms with van der Waals surface area (Å²) in [6.45, 7) is 0. The molecule has 6 heteroatoms. The summed E-state index contributed by atoms with van der Waals surface area (Å²) in [7, 11) is 0. The van der Waals surface area contributed by atoms with Crippen LogP contribution in [0.25, 0.3) is 0 Å². The molecule has 0 fully saturated rings. The molecule has 0 bridgehead atoms. The van der Waals surface area contributed by atoms with Gasteiger partial charge in [0, 0.05) is 17.4 Å². The quantitative estimate of drug-likeness (QED) is 0.859. The molecule has 5 nitrogen and oxygen atoms in total. The lowest BCUT2D eigenvalue weighted by molar-refractivity contribution is 0.262. The molecule has 2 amide bonds. The van der Waals surface area contributed by atoms with E-state index in [2.05, 4.69) is 20.6 Å². The first-order chi connectivity index (χ1) is 8.24. The van der Waals surface area contributed by atoms with E-state index in [4.69, 9.17) is 11.6 Å². The number of anilines is 2. The maximum atomic E-state index is 11.6. The summed E-state index contributed by atoms with van der Waals surface area (Å²) in [5.41, 5.74) is 0.604. The first kappa shape index (κ1) is 11.3. The largest absolute Gasteiger partial charge is 0.324 e. The van der Waals surface area contributed by atoms with Crippen LogP contribution in [0.1, 0.15) is 0 Å². The summed E-state index contributed by atoms with van der Waals surface area (Å²) < 4.78 is 0. The van der Waals surface area contributed by atoms with Crippen molar-refractivity contribution in [3.8, 4) is 0 Å². The van der Waals surface area contributed by atoms with E-state index >= 15 is 0 Å². The van der Waals surface area contributed by atoms with Gasteiger partial charge in [0.25, 0.3) is 0 Å². The van der Waals surface area contributed by atoms with Crippen molar-refractivity contribution in [1.29, 1.82) is 0 Å². The average Bonchev–Trinajstić information content (AvgIpc) is 2.30. The first-order valence-corrected chi connectivity index (χ1v) is 5.21. The first-order valence-electron chi connectivity index (χ1n) is 4.83. The van der Waals surface area contributed by atoms with E-state index in [0.717, 1.165) is 0 Å². The molecule has 0 radical (unpaired) electrons. The molecule has 0 aliphatic heterocycles. The summed E-state index contributed by atoms with van der Waals surface area (Å²) in [6.07, 6.45) is 4.69.